The normalized spacial score (nSPS) is 11.7. The van der Waals surface area contributed by atoms with Crippen molar-refractivity contribution >= 4 is 31.6 Å². The molecule has 1 rings (SSSR count). The van der Waals surface area contributed by atoms with E-state index in [1.54, 1.807) is 0 Å². The Morgan fingerprint density at radius 2 is 1.89 bits per heavy atom. The zero-order chi connectivity index (χ0) is 14.5. The Hall–Kier alpha value is -0.990. The van der Waals surface area contributed by atoms with Crippen LogP contribution in [0, 0.1) is 10.1 Å². The number of non-ortho nitro benzene ring substituents is 1. The molecule has 0 radical (unpaired) electrons. The number of rotatable bonds is 7. The molecule has 0 saturated carbocycles. The van der Waals surface area contributed by atoms with Crippen LogP contribution >= 0.6 is 15.9 Å². The van der Waals surface area contributed by atoms with E-state index in [9.17, 15) is 18.5 Å². The zero-order valence-corrected chi connectivity index (χ0v) is 12.9. The van der Waals surface area contributed by atoms with Gasteiger partial charge < -0.3 is 0 Å². The Bertz CT molecular complexity index is 530. The zero-order valence-electron chi connectivity index (χ0n) is 10.5. The van der Waals surface area contributed by atoms with Crippen LogP contribution in [-0.2, 0) is 15.8 Å². The molecule has 0 fully saturated rings. The fraction of sp³-hybridized carbons (Fsp3) is 0.455. The van der Waals surface area contributed by atoms with Gasteiger partial charge in [0.15, 0.2) is 0 Å². The molecule has 8 heteroatoms. The standard InChI is InChI=1S/C11H15BrN2O4S/c1-13(8-2-7-12)19(17,18)9-10-3-5-11(6-4-10)14(15)16/h3-6H,2,7-9H2,1H3. The molecule has 0 aromatic heterocycles. The van der Waals surface area contributed by atoms with Crippen LogP contribution in [0.15, 0.2) is 24.3 Å². The molecule has 0 atom stereocenters. The summed E-state index contributed by atoms with van der Waals surface area (Å²) >= 11 is 3.25. The quantitative estimate of drug-likeness (QED) is 0.428. The molecule has 19 heavy (non-hydrogen) atoms. The van der Waals surface area contributed by atoms with Crippen LogP contribution in [0.25, 0.3) is 0 Å². The summed E-state index contributed by atoms with van der Waals surface area (Å²) in [6.07, 6.45) is 0.732. The average Bonchev–Trinajstić information content (AvgIpc) is 2.36. The molecule has 0 unspecified atom stereocenters. The Kier molecular flexibility index (Phi) is 5.89. The summed E-state index contributed by atoms with van der Waals surface area (Å²) < 4.78 is 25.3. The third kappa shape index (κ3) is 4.88. The second-order valence-electron chi connectivity index (χ2n) is 4.04. The lowest BCUT2D eigenvalue weighted by Crippen LogP contribution is -2.29. The molecule has 1 aromatic rings. The summed E-state index contributed by atoms with van der Waals surface area (Å²) in [5.41, 5.74) is 0.491. The minimum absolute atomic E-state index is 0.0474. The number of nitro benzene ring substituents is 1. The van der Waals surface area contributed by atoms with E-state index in [0.717, 1.165) is 11.8 Å². The van der Waals surface area contributed by atoms with Crippen molar-refractivity contribution in [3.05, 3.63) is 39.9 Å². The van der Waals surface area contributed by atoms with Crippen molar-refractivity contribution in [2.75, 3.05) is 18.9 Å². The number of benzene rings is 1. The van der Waals surface area contributed by atoms with Gasteiger partial charge >= 0.3 is 0 Å². The summed E-state index contributed by atoms with van der Waals surface area (Å²) in [4.78, 5) is 9.99. The van der Waals surface area contributed by atoms with Crippen LogP contribution in [0.3, 0.4) is 0 Å². The van der Waals surface area contributed by atoms with Crippen LogP contribution in [0.4, 0.5) is 5.69 Å². The lowest BCUT2D eigenvalue weighted by Gasteiger charge is -2.16. The average molecular weight is 351 g/mol. The third-order valence-electron chi connectivity index (χ3n) is 2.58. The molecule has 1 aromatic carbocycles. The third-order valence-corrected chi connectivity index (χ3v) is 4.97. The first-order valence-electron chi connectivity index (χ1n) is 5.60. The van der Waals surface area contributed by atoms with Crippen molar-refractivity contribution < 1.29 is 13.3 Å². The van der Waals surface area contributed by atoms with E-state index in [1.165, 1.54) is 35.6 Å². The van der Waals surface area contributed by atoms with Crippen LogP contribution in [0.2, 0.25) is 0 Å². The summed E-state index contributed by atoms with van der Waals surface area (Å²) in [5.74, 6) is -0.149. The highest BCUT2D eigenvalue weighted by Crippen LogP contribution is 2.15. The van der Waals surface area contributed by atoms with Gasteiger partial charge in [-0.1, -0.05) is 28.1 Å². The molecule has 106 valence electrons. The SMILES string of the molecule is CN(CCCBr)S(=O)(=O)Cc1ccc([N+](=O)[O-])cc1. The fourth-order valence-electron chi connectivity index (χ4n) is 1.46. The monoisotopic (exact) mass is 350 g/mol. The first-order chi connectivity index (χ1) is 8.86. The van der Waals surface area contributed by atoms with Crippen molar-refractivity contribution in [3.63, 3.8) is 0 Å². The van der Waals surface area contributed by atoms with Gasteiger partial charge in [0.2, 0.25) is 10.0 Å². The molecule has 0 aliphatic rings. The van der Waals surface area contributed by atoms with Gasteiger partial charge in [0.05, 0.1) is 10.7 Å². The van der Waals surface area contributed by atoms with E-state index in [1.807, 2.05) is 0 Å². The molecule has 0 spiro atoms. The maximum absolute atomic E-state index is 12.0. The molecular formula is C11H15BrN2O4S. The van der Waals surface area contributed by atoms with E-state index in [4.69, 9.17) is 0 Å². The van der Waals surface area contributed by atoms with Crippen LogP contribution < -0.4 is 0 Å². The van der Waals surface area contributed by atoms with Crippen molar-refractivity contribution in [2.24, 2.45) is 0 Å². The lowest BCUT2D eigenvalue weighted by atomic mass is 10.2. The van der Waals surface area contributed by atoms with Crippen molar-refractivity contribution in [3.8, 4) is 0 Å². The second-order valence-corrected chi connectivity index (χ2v) is 6.91. The lowest BCUT2D eigenvalue weighted by molar-refractivity contribution is -0.384. The maximum atomic E-state index is 12.0. The Morgan fingerprint density at radius 3 is 2.37 bits per heavy atom. The van der Waals surface area contributed by atoms with Gasteiger partial charge in [0.1, 0.15) is 0 Å². The smallest absolute Gasteiger partial charge is 0.258 e. The van der Waals surface area contributed by atoms with Gasteiger partial charge in [-0.2, -0.15) is 0 Å². The molecule has 0 aliphatic carbocycles. The second kappa shape index (κ2) is 6.97. The molecule has 0 saturated heterocycles. The molecular weight excluding hydrogens is 336 g/mol. The number of nitrogens with zero attached hydrogens (tertiary/aromatic N) is 2. The van der Waals surface area contributed by atoms with E-state index in [-0.39, 0.29) is 11.4 Å². The molecule has 0 bridgehead atoms. The van der Waals surface area contributed by atoms with Gasteiger partial charge in [-0.05, 0) is 12.0 Å². The minimum atomic E-state index is -3.38. The molecule has 0 aliphatic heterocycles. The van der Waals surface area contributed by atoms with Crippen LogP contribution in [-0.4, -0.2) is 36.6 Å². The minimum Gasteiger partial charge on any atom is -0.258 e. The van der Waals surface area contributed by atoms with Gasteiger partial charge in [-0.3, -0.25) is 10.1 Å². The molecule has 0 heterocycles. The summed E-state index contributed by atoms with van der Waals surface area (Å²) in [7, 11) is -1.84. The van der Waals surface area contributed by atoms with Crippen molar-refractivity contribution in [2.45, 2.75) is 12.2 Å². The number of hydrogen-bond donors (Lipinski definition) is 0. The van der Waals surface area contributed by atoms with Crippen LogP contribution in [0.5, 0.6) is 0 Å². The molecule has 0 N–H and O–H groups in total. The van der Waals surface area contributed by atoms with E-state index in [0.29, 0.717) is 12.1 Å². The van der Waals surface area contributed by atoms with Gasteiger partial charge in [-0.25, -0.2) is 12.7 Å². The maximum Gasteiger partial charge on any atom is 0.269 e. The highest BCUT2D eigenvalue weighted by molar-refractivity contribution is 9.09. The van der Waals surface area contributed by atoms with E-state index < -0.39 is 14.9 Å². The van der Waals surface area contributed by atoms with Gasteiger partial charge in [0.25, 0.3) is 5.69 Å². The number of nitro groups is 1. The first-order valence-corrected chi connectivity index (χ1v) is 8.33. The van der Waals surface area contributed by atoms with E-state index >= 15 is 0 Å². The number of alkyl halides is 1. The Balaban J connectivity index is 2.75. The van der Waals surface area contributed by atoms with Gasteiger partial charge in [0, 0.05) is 31.1 Å². The largest absolute Gasteiger partial charge is 0.269 e. The fourth-order valence-corrected chi connectivity index (χ4v) is 2.95. The summed E-state index contributed by atoms with van der Waals surface area (Å²) in [5, 5.41) is 11.2. The predicted octanol–water partition coefficient (Wildman–Crippen LogP) is 2.14. The topological polar surface area (TPSA) is 80.5 Å². The van der Waals surface area contributed by atoms with Crippen molar-refractivity contribution in [1.29, 1.82) is 0 Å². The first kappa shape index (κ1) is 16.1. The van der Waals surface area contributed by atoms with Gasteiger partial charge in [-0.15, -0.1) is 0 Å². The Morgan fingerprint density at radius 1 is 1.32 bits per heavy atom. The predicted molar refractivity (Wildman–Crippen MR) is 76.8 cm³/mol. The number of hydrogen-bond acceptors (Lipinski definition) is 4. The highest BCUT2D eigenvalue weighted by Gasteiger charge is 2.18. The Labute approximate surface area is 120 Å². The molecule has 0 amide bonds. The number of halogens is 1. The van der Waals surface area contributed by atoms with E-state index in [2.05, 4.69) is 15.9 Å². The summed E-state index contributed by atoms with van der Waals surface area (Å²) in [6.45, 7) is 0.445. The summed E-state index contributed by atoms with van der Waals surface area (Å²) in [6, 6.07) is 5.55. The molecule has 6 nitrogen and oxygen atoms in total. The highest BCUT2D eigenvalue weighted by atomic mass is 79.9. The van der Waals surface area contributed by atoms with Crippen molar-refractivity contribution in [1.82, 2.24) is 4.31 Å². The van der Waals surface area contributed by atoms with Crippen LogP contribution in [0.1, 0.15) is 12.0 Å². The number of sulfonamides is 1.